The minimum atomic E-state index is -0.678. The Morgan fingerprint density at radius 1 is 1.16 bits per heavy atom. The number of H-pyrrole nitrogens is 1. The summed E-state index contributed by atoms with van der Waals surface area (Å²) in [4.78, 5) is 40.7. The molecule has 1 unspecified atom stereocenters. The summed E-state index contributed by atoms with van der Waals surface area (Å²) in [6.45, 7) is 5.62. The third-order valence-corrected chi connectivity index (χ3v) is 5.84. The summed E-state index contributed by atoms with van der Waals surface area (Å²) in [6, 6.07) is 10.3. The summed E-state index contributed by atoms with van der Waals surface area (Å²) in [5.74, 6) is 0.846. The first-order chi connectivity index (χ1) is 14.9. The minimum absolute atomic E-state index is 0.0930. The van der Waals surface area contributed by atoms with Crippen molar-refractivity contribution in [1.82, 2.24) is 25.6 Å². The first kappa shape index (κ1) is 21.0. The van der Waals surface area contributed by atoms with Crippen LogP contribution in [0.1, 0.15) is 38.2 Å². The van der Waals surface area contributed by atoms with Crippen molar-refractivity contribution >= 4 is 28.7 Å². The molecular formula is C23H28N6O2. The molecule has 8 heteroatoms. The van der Waals surface area contributed by atoms with Crippen LogP contribution < -0.4 is 15.5 Å². The molecule has 1 aromatic carbocycles. The Morgan fingerprint density at radius 3 is 2.65 bits per heavy atom. The van der Waals surface area contributed by atoms with Crippen LogP contribution in [-0.4, -0.2) is 45.9 Å². The maximum atomic E-state index is 13.8. The zero-order chi connectivity index (χ0) is 22.1. The molecule has 0 spiro atoms. The monoisotopic (exact) mass is 420 g/mol. The van der Waals surface area contributed by atoms with Gasteiger partial charge in [0.05, 0.1) is 17.1 Å². The Balaban J connectivity index is 1.72. The highest BCUT2D eigenvalue weighted by Gasteiger charge is 2.41. The molecule has 31 heavy (non-hydrogen) atoms. The average molecular weight is 421 g/mol. The van der Waals surface area contributed by atoms with Crippen molar-refractivity contribution in [2.75, 3.05) is 11.9 Å². The lowest BCUT2D eigenvalue weighted by molar-refractivity contribution is -0.129. The number of pyridine rings is 1. The fourth-order valence-corrected chi connectivity index (χ4v) is 3.93. The maximum absolute atomic E-state index is 13.8. The van der Waals surface area contributed by atoms with Gasteiger partial charge in [-0.25, -0.2) is 9.97 Å². The number of fused-ring (bicyclic) bond motifs is 2. The van der Waals surface area contributed by atoms with Crippen molar-refractivity contribution in [1.29, 1.82) is 0 Å². The van der Waals surface area contributed by atoms with Crippen LogP contribution >= 0.6 is 0 Å². The lowest BCUT2D eigenvalue weighted by Gasteiger charge is -2.30. The normalized spacial score (nSPS) is 17.6. The van der Waals surface area contributed by atoms with Crippen LogP contribution in [0.4, 0.5) is 5.82 Å². The number of nitrogens with one attached hydrogen (secondary N) is 3. The van der Waals surface area contributed by atoms with E-state index in [2.05, 4.69) is 20.6 Å². The number of amides is 2. The summed E-state index contributed by atoms with van der Waals surface area (Å²) in [5.41, 5.74) is 2.76. The molecule has 0 bridgehead atoms. The fourth-order valence-electron chi connectivity index (χ4n) is 3.93. The predicted octanol–water partition coefficient (Wildman–Crippen LogP) is 2.34. The molecule has 162 valence electrons. The molecule has 0 saturated carbocycles. The van der Waals surface area contributed by atoms with E-state index in [1.165, 1.54) is 0 Å². The molecule has 3 aromatic rings. The van der Waals surface area contributed by atoms with Gasteiger partial charge in [-0.05, 0) is 43.7 Å². The summed E-state index contributed by atoms with van der Waals surface area (Å²) >= 11 is 0. The highest BCUT2D eigenvalue weighted by atomic mass is 16.2. The van der Waals surface area contributed by atoms with Crippen LogP contribution in [0.2, 0.25) is 0 Å². The number of likely N-dealkylation sites (N-methyl/N-ethyl adjacent to an activating group) is 1. The number of nitrogens with zero attached hydrogens (tertiary/aromatic N) is 3. The number of rotatable bonds is 6. The molecule has 3 heterocycles. The van der Waals surface area contributed by atoms with Gasteiger partial charge in [0.2, 0.25) is 5.91 Å². The molecule has 0 aliphatic carbocycles. The molecule has 0 radical (unpaired) electrons. The molecule has 2 aromatic heterocycles. The predicted molar refractivity (Wildman–Crippen MR) is 120 cm³/mol. The van der Waals surface area contributed by atoms with Crippen molar-refractivity contribution < 1.29 is 9.59 Å². The molecule has 8 nitrogen and oxygen atoms in total. The van der Waals surface area contributed by atoms with Crippen LogP contribution in [0.5, 0.6) is 0 Å². The van der Waals surface area contributed by atoms with E-state index in [-0.39, 0.29) is 23.8 Å². The first-order valence-electron chi connectivity index (χ1n) is 10.6. The molecule has 3 N–H and O–H groups in total. The van der Waals surface area contributed by atoms with Crippen LogP contribution in [0.25, 0.3) is 11.0 Å². The van der Waals surface area contributed by atoms with Gasteiger partial charge in [0, 0.05) is 12.6 Å². The number of hydrogen-bond donors (Lipinski definition) is 3. The van der Waals surface area contributed by atoms with Crippen molar-refractivity contribution in [2.24, 2.45) is 5.92 Å². The molecule has 2 amide bonds. The fraction of sp³-hybridized carbons (Fsp3) is 0.391. The third kappa shape index (κ3) is 3.90. The molecule has 0 fully saturated rings. The zero-order valence-corrected chi connectivity index (χ0v) is 18.2. The van der Waals surface area contributed by atoms with Crippen LogP contribution in [0.3, 0.4) is 0 Å². The van der Waals surface area contributed by atoms with Gasteiger partial charge < -0.3 is 15.6 Å². The summed E-state index contributed by atoms with van der Waals surface area (Å²) in [5, 5.41) is 5.84. The molecule has 1 aliphatic heterocycles. The number of aromatic amines is 1. The Labute approximate surface area is 181 Å². The second-order valence-corrected chi connectivity index (χ2v) is 8.29. The number of hydrogen-bond acceptors (Lipinski definition) is 5. The van der Waals surface area contributed by atoms with Gasteiger partial charge in [-0.15, -0.1) is 0 Å². The first-order valence-corrected chi connectivity index (χ1v) is 10.6. The lowest BCUT2D eigenvalue weighted by atomic mass is 10.0. The highest BCUT2D eigenvalue weighted by molar-refractivity contribution is 6.01. The minimum Gasteiger partial charge on any atom is -0.343 e. The van der Waals surface area contributed by atoms with Crippen molar-refractivity contribution in [2.45, 2.75) is 45.3 Å². The molecule has 3 atom stereocenters. The molecule has 4 rings (SSSR count). The Hall–Kier alpha value is -3.26. The number of anilines is 1. The van der Waals surface area contributed by atoms with Gasteiger partial charge in [-0.2, -0.15) is 0 Å². The number of imidazole rings is 1. The van der Waals surface area contributed by atoms with Gasteiger partial charge in [-0.3, -0.25) is 14.5 Å². The third-order valence-electron chi connectivity index (χ3n) is 5.84. The van der Waals surface area contributed by atoms with E-state index in [0.29, 0.717) is 18.1 Å². The number of para-hydroxylation sites is 2. The zero-order valence-electron chi connectivity index (χ0n) is 18.2. The van der Waals surface area contributed by atoms with Crippen LogP contribution in [-0.2, 0) is 16.0 Å². The second kappa shape index (κ2) is 8.47. The number of carbonyl (C=O) groups excluding carboxylic acids is 2. The van der Waals surface area contributed by atoms with Gasteiger partial charge in [-0.1, -0.05) is 32.0 Å². The van der Waals surface area contributed by atoms with Crippen LogP contribution in [0, 0.1) is 5.92 Å². The summed E-state index contributed by atoms with van der Waals surface area (Å²) in [6.07, 6.45) is 2.30. The van der Waals surface area contributed by atoms with Crippen molar-refractivity contribution in [3.63, 3.8) is 0 Å². The lowest BCUT2D eigenvalue weighted by Crippen LogP contribution is -2.55. The maximum Gasteiger partial charge on any atom is 0.251 e. The van der Waals surface area contributed by atoms with Crippen molar-refractivity contribution in [3.05, 3.63) is 54.0 Å². The Morgan fingerprint density at radius 2 is 1.94 bits per heavy atom. The van der Waals surface area contributed by atoms with E-state index in [4.69, 9.17) is 4.98 Å². The van der Waals surface area contributed by atoms with Crippen LogP contribution in [0.15, 0.2) is 42.6 Å². The van der Waals surface area contributed by atoms with Gasteiger partial charge >= 0.3 is 0 Å². The van der Waals surface area contributed by atoms with E-state index >= 15 is 0 Å². The highest BCUT2D eigenvalue weighted by Crippen LogP contribution is 2.39. The van der Waals surface area contributed by atoms with E-state index in [1.807, 2.05) is 50.2 Å². The van der Waals surface area contributed by atoms with E-state index in [9.17, 15) is 9.59 Å². The topological polar surface area (TPSA) is 103 Å². The van der Waals surface area contributed by atoms with Gasteiger partial charge in [0.1, 0.15) is 23.7 Å². The quantitative estimate of drug-likeness (QED) is 0.568. The molecular weight excluding hydrogens is 392 g/mol. The molecule has 1 aliphatic rings. The Bertz CT molecular complexity index is 1080. The smallest absolute Gasteiger partial charge is 0.251 e. The largest absolute Gasteiger partial charge is 0.343 e. The SMILES string of the molecule is CNC(C)C(=O)N[C@H](C(=O)N1c2ncccc2C[C@@H]1c1nc2ccccc2[nH]1)C(C)C. The molecule has 0 saturated heterocycles. The number of benzene rings is 1. The summed E-state index contributed by atoms with van der Waals surface area (Å²) in [7, 11) is 1.72. The Kier molecular flexibility index (Phi) is 5.73. The average Bonchev–Trinajstić information content (AvgIpc) is 3.37. The van der Waals surface area contributed by atoms with Gasteiger partial charge in [0.15, 0.2) is 0 Å². The standard InChI is InChI=1S/C23H28N6O2/c1-13(2)19(28-22(30)14(3)24-4)23(31)29-18(12-15-8-7-11-25-21(15)29)20-26-16-9-5-6-10-17(16)27-20/h5-11,13-14,18-19,24H,12H2,1-4H3,(H,26,27)(H,28,30)/t14?,18-,19+/m1/s1. The van der Waals surface area contributed by atoms with Gasteiger partial charge in [0.25, 0.3) is 5.91 Å². The van der Waals surface area contributed by atoms with Crippen molar-refractivity contribution in [3.8, 4) is 0 Å². The second-order valence-electron chi connectivity index (χ2n) is 8.29. The number of aromatic nitrogens is 3. The number of carbonyl (C=O) groups is 2. The van der Waals surface area contributed by atoms with E-state index < -0.39 is 12.1 Å². The summed E-state index contributed by atoms with van der Waals surface area (Å²) < 4.78 is 0. The van der Waals surface area contributed by atoms with E-state index in [0.717, 1.165) is 16.6 Å². The van der Waals surface area contributed by atoms with E-state index in [1.54, 1.807) is 25.1 Å².